The lowest BCUT2D eigenvalue weighted by Crippen LogP contribution is -2.25. The van der Waals surface area contributed by atoms with E-state index in [0.717, 1.165) is 12.2 Å². The number of benzene rings is 2. The van der Waals surface area contributed by atoms with Crippen LogP contribution in [0.2, 0.25) is 0 Å². The van der Waals surface area contributed by atoms with Gasteiger partial charge >= 0.3 is 0 Å². The van der Waals surface area contributed by atoms with Gasteiger partial charge in [-0.3, -0.25) is 0 Å². The Hall–Kier alpha value is -1.87. The number of aryl methyl sites for hydroxylation is 1. The maximum absolute atomic E-state index is 13.6. The van der Waals surface area contributed by atoms with Crippen LogP contribution in [0.3, 0.4) is 0 Å². The second-order valence-electron chi connectivity index (χ2n) is 5.24. The van der Waals surface area contributed by atoms with E-state index >= 15 is 0 Å². The number of aliphatic hydroxyl groups excluding tert-OH is 1. The summed E-state index contributed by atoms with van der Waals surface area (Å²) in [4.78, 5) is 2.19. The largest absolute Gasteiger partial charge is 0.388 e. The van der Waals surface area contributed by atoms with Crippen molar-refractivity contribution in [1.29, 1.82) is 0 Å². The fourth-order valence-corrected chi connectivity index (χ4v) is 2.47. The Morgan fingerprint density at radius 1 is 1.14 bits per heavy atom. The average Bonchev–Trinajstić information content (AvgIpc) is 2.48. The van der Waals surface area contributed by atoms with Gasteiger partial charge in [-0.2, -0.15) is 0 Å². The van der Waals surface area contributed by atoms with Gasteiger partial charge < -0.3 is 10.0 Å². The Morgan fingerprint density at radius 2 is 1.90 bits per heavy atom. The molecular weight excluding hydrogens is 265 g/mol. The maximum atomic E-state index is 13.6. The van der Waals surface area contributed by atoms with E-state index in [1.165, 1.54) is 11.6 Å². The molecular formula is C18H22FNO. The van der Waals surface area contributed by atoms with Crippen LogP contribution in [0.1, 0.15) is 30.6 Å². The summed E-state index contributed by atoms with van der Waals surface area (Å²) in [5.74, 6) is -0.344. The second kappa shape index (κ2) is 7.23. The number of aliphatic hydroxyl groups is 1. The third-order valence-electron chi connectivity index (χ3n) is 3.69. The van der Waals surface area contributed by atoms with E-state index in [-0.39, 0.29) is 5.82 Å². The molecule has 3 heteroatoms. The number of nitrogens with zero attached hydrogens (tertiary/aromatic N) is 1. The zero-order chi connectivity index (χ0) is 15.2. The number of anilines is 1. The summed E-state index contributed by atoms with van der Waals surface area (Å²) in [5, 5.41) is 10.2. The topological polar surface area (TPSA) is 23.5 Å². The zero-order valence-corrected chi connectivity index (χ0v) is 12.6. The summed E-state index contributed by atoms with van der Waals surface area (Å²) in [7, 11) is 0. The lowest BCUT2D eigenvalue weighted by atomic mass is 10.1. The van der Waals surface area contributed by atoms with Gasteiger partial charge in [0.1, 0.15) is 5.82 Å². The molecule has 2 rings (SSSR count). The molecule has 112 valence electrons. The van der Waals surface area contributed by atoms with Crippen molar-refractivity contribution < 1.29 is 9.50 Å². The van der Waals surface area contributed by atoms with Crippen molar-refractivity contribution in [2.45, 2.75) is 26.4 Å². The predicted octanol–water partition coefficient (Wildman–Crippen LogP) is 4.08. The fraction of sp³-hybridized carbons (Fsp3) is 0.333. The molecule has 0 spiro atoms. The van der Waals surface area contributed by atoms with E-state index in [0.29, 0.717) is 18.5 Å². The first-order chi connectivity index (χ1) is 10.1. The molecule has 0 aliphatic rings. The summed E-state index contributed by atoms with van der Waals surface area (Å²) in [5.41, 5.74) is 2.72. The smallest absolute Gasteiger partial charge is 0.128 e. The lowest BCUT2D eigenvalue weighted by molar-refractivity contribution is 0.165. The van der Waals surface area contributed by atoms with Crippen molar-refractivity contribution in [2.24, 2.45) is 0 Å². The molecule has 2 nitrogen and oxygen atoms in total. The summed E-state index contributed by atoms with van der Waals surface area (Å²) in [6, 6.07) is 14.7. The Balaban J connectivity index is 2.02. The van der Waals surface area contributed by atoms with Crippen molar-refractivity contribution in [1.82, 2.24) is 0 Å². The van der Waals surface area contributed by atoms with E-state index < -0.39 is 6.10 Å². The van der Waals surface area contributed by atoms with Crippen LogP contribution in [0.4, 0.5) is 10.1 Å². The van der Waals surface area contributed by atoms with Crippen LogP contribution < -0.4 is 4.90 Å². The Bertz CT molecular complexity index is 585. The van der Waals surface area contributed by atoms with Gasteiger partial charge in [-0.15, -0.1) is 0 Å². The van der Waals surface area contributed by atoms with Crippen LogP contribution in [0.15, 0.2) is 48.5 Å². The summed E-state index contributed by atoms with van der Waals surface area (Å²) in [6.45, 7) is 5.69. The summed E-state index contributed by atoms with van der Waals surface area (Å²) < 4.78 is 13.6. The normalized spacial score (nSPS) is 12.2. The first-order valence-electron chi connectivity index (χ1n) is 7.36. The van der Waals surface area contributed by atoms with Gasteiger partial charge in [0, 0.05) is 24.3 Å². The minimum Gasteiger partial charge on any atom is -0.388 e. The van der Waals surface area contributed by atoms with E-state index in [1.807, 2.05) is 6.07 Å². The Morgan fingerprint density at radius 3 is 2.57 bits per heavy atom. The van der Waals surface area contributed by atoms with Gasteiger partial charge in [0.25, 0.3) is 0 Å². The third-order valence-corrected chi connectivity index (χ3v) is 3.69. The number of halogens is 1. The van der Waals surface area contributed by atoms with Crippen molar-refractivity contribution in [3.05, 3.63) is 65.5 Å². The molecule has 1 N–H and O–H groups in total. The maximum Gasteiger partial charge on any atom is 0.128 e. The molecule has 0 heterocycles. The van der Waals surface area contributed by atoms with Gasteiger partial charge in [-0.1, -0.05) is 30.3 Å². The van der Waals surface area contributed by atoms with Gasteiger partial charge in [0.15, 0.2) is 0 Å². The third kappa shape index (κ3) is 4.05. The molecule has 1 unspecified atom stereocenters. The molecule has 0 aromatic heterocycles. The van der Waals surface area contributed by atoms with Crippen LogP contribution in [-0.4, -0.2) is 18.2 Å². The van der Waals surface area contributed by atoms with Crippen LogP contribution >= 0.6 is 0 Å². The Kier molecular flexibility index (Phi) is 5.34. The zero-order valence-electron chi connectivity index (χ0n) is 12.6. The Labute approximate surface area is 125 Å². The van der Waals surface area contributed by atoms with E-state index in [2.05, 4.69) is 36.9 Å². The van der Waals surface area contributed by atoms with Gasteiger partial charge in [0.05, 0.1) is 6.10 Å². The highest BCUT2D eigenvalue weighted by Crippen LogP contribution is 2.22. The molecule has 0 fully saturated rings. The monoisotopic (exact) mass is 287 g/mol. The first kappa shape index (κ1) is 15.5. The first-order valence-corrected chi connectivity index (χ1v) is 7.36. The van der Waals surface area contributed by atoms with E-state index in [4.69, 9.17) is 0 Å². The molecule has 21 heavy (non-hydrogen) atoms. The van der Waals surface area contributed by atoms with Crippen molar-refractivity contribution in [3.8, 4) is 0 Å². The number of hydrogen-bond donors (Lipinski definition) is 1. The van der Waals surface area contributed by atoms with Gasteiger partial charge in [-0.05, 0) is 44.0 Å². The van der Waals surface area contributed by atoms with E-state index in [1.54, 1.807) is 18.2 Å². The van der Waals surface area contributed by atoms with Crippen LogP contribution in [0.5, 0.6) is 0 Å². The van der Waals surface area contributed by atoms with Gasteiger partial charge in [-0.25, -0.2) is 4.39 Å². The highest BCUT2D eigenvalue weighted by Gasteiger charge is 2.14. The van der Waals surface area contributed by atoms with Crippen LogP contribution in [0.25, 0.3) is 0 Å². The number of rotatable bonds is 6. The molecule has 0 bridgehead atoms. The predicted molar refractivity (Wildman–Crippen MR) is 85.0 cm³/mol. The fourth-order valence-electron chi connectivity index (χ4n) is 2.47. The lowest BCUT2D eigenvalue weighted by Gasteiger charge is -2.25. The molecule has 0 aliphatic carbocycles. The van der Waals surface area contributed by atoms with Crippen LogP contribution in [0, 0.1) is 12.7 Å². The summed E-state index contributed by atoms with van der Waals surface area (Å²) in [6.07, 6.45) is -0.270. The molecule has 0 saturated heterocycles. The van der Waals surface area contributed by atoms with Crippen molar-refractivity contribution >= 4 is 5.69 Å². The molecule has 2 aromatic carbocycles. The van der Waals surface area contributed by atoms with Gasteiger partial charge in [0.2, 0.25) is 0 Å². The molecule has 0 amide bonds. The highest BCUT2D eigenvalue weighted by atomic mass is 19.1. The minimum absolute atomic E-state index is 0.344. The van der Waals surface area contributed by atoms with Crippen LogP contribution in [-0.2, 0) is 0 Å². The molecule has 0 aliphatic heterocycles. The number of hydrogen-bond acceptors (Lipinski definition) is 2. The van der Waals surface area contributed by atoms with E-state index in [9.17, 15) is 9.50 Å². The SMILES string of the molecule is CCN(CCC(O)c1ccccc1F)c1cccc(C)c1. The van der Waals surface area contributed by atoms with Crippen molar-refractivity contribution in [3.63, 3.8) is 0 Å². The minimum atomic E-state index is -0.773. The molecule has 1 atom stereocenters. The molecule has 0 radical (unpaired) electrons. The molecule has 2 aromatic rings. The molecule has 0 saturated carbocycles. The van der Waals surface area contributed by atoms with Crippen molar-refractivity contribution in [2.75, 3.05) is 18.0 Å². The second-order valence-corrected chi connectivity index (χ2v) is 5.24. The quantitative estimate of drug-likeness (QED) is 0.865. The summed E-state index contributed by atoms with van der Waals surface area (Å²) >= 11 is 0. The standard InChI is InChI=1S/C18H22FNO/c1-3-20(15-8-6-7-14(2)13-15)12-11-18(21)16-9-4-5-10-17(16)19/h4-10,13,18,21H,3,11-12H2,1-2H3. The highest BCUT2D eigenvalue weighted by molar-refractivity contribution is 5.48. The average molecular weight is 287 g/mol.